The van der Waals surface area contributed by atoms with E-state index >= 15 is 0 Å². The van der Waals surface area contributed by atoms with Crippen molar-refractivity contribution in [2.24, 2.45) is 5.73 Å². The molecular weight excluding hydrogens is 221 g/mol. The molecular formula is C13H20FNO2. The van der Waals surface area contributed by atoms with Crippen LogP contribution in [0.1, 0.15) is 25.3 Å². The van der Waals surface area contributed by atoms with Gasteiger partial charge in [0.2, 0.25) is 0 Å². The zero-order valence-electron chi connectivity index (χ0n) is 10.2. The summed E-state index contributed by atoms with van der Waals surface area (Å²) in [4.78, 5) is 0. The van der Waals surface area contributed by atoms with Gasteiger partial charge in [0.25, 0.3) is 0 Å². The molecule has 1 aromatic carbocycles. The molecule has 0 heterocycles. The van der Waals surface area contributed by atoms with Gasteiger partial charge >= 0.3 is 0 Å². The molecule has 0 aliphatic carbocycles. The standard InChI is InChI=1S/C13H20FNO2/c1-2-3-7-16-8-9-17-13-6-4-5-12(14)11(13)10-15/h4-6H,2-3,7-10,15H2,1H3. The Morgan fingerprint density at radius 3 is 2.76 bits per heavy atom. The number of nitrogens with two attached hydrogens (primary N) is 1. The van der Waals surface area contributed by atoms with Crippen molar-refractivity contribution in [1.82, 2.24) is 0 Å². The summed E-state index contributed by atoms with van der Waals surface area (Å²) in [5.74, 6) is 0.184. The molecule has 4 heteroatoms. The number of benzene rings is 1. The number of ether oxygens (including phenoxy) is 2. The summed E-state index contributed by atoms with van der Waals surface area (Å²) < 4.78 is 24.1. The molecule has 2 N–H and O–H groups in total. The Hall–Kier alpha value is -1.13. The summed E-state index contributed by atoms with van der Waals surface area (Å²) in [5.41, 5.74) is 5.89. The maximum Gasteiger partial charge on any atom is 0.131 e. The normalized spacial score (nSPS) is 10.5. The van der Waals surface area contributed by atoms with Gasteiger partial charge in [0, 0.05) is 18.7 Å². The molecule has 0 aliphatic rings. The van der Waals surface area contributed by atoms with Crippen LogP contribution in [0, 0.1) is 5.82 Å². The maximum absolute atomic E-state index is 13.3. The van der Waals surface area contributed by atoms with Crippen molar-refractivity contribution < 1.29 is 13.9 Å². The lowest BCUT2D eigenvalue weighted by Crippen LogP contribution is -2.10. The van der Waals surface area contributed by atoms with Crippen LogP contribution in [0.3, 0.4) is 0 Å². The molecule has 1 rings (SSSR count). The van der Waals surface area contributed by atoms with E-state index in [-0.39, 0.29) is 12.4 Å². The zero-order valence-corrected chi connectivity index (χ0v) is 10.2. The van der Waals surface area contributed by atoms with Crippen molar-refractivity contribution in [2.75, 3.05) is 19.8 Å². The van der Waals surface area contributed by atoms with Crippen LogP contribution in [0.15, 0.2) is 18.2 Å². The summed E-state index contributed by atoms with van der Waals surface area (Å²) in [6.45, 7) is 3.92. The number of halogens is 1. The summed E-state index contributed by atoms with van der Waals surface area (Å²) in [5, 5.41) is 0. The third-order valence-electron chi connectivity index (χ3n) is 2.41. The largest absolute Gasteiger partial charge is 0.491 e. The quantitative estimate of drug-likeness (QED) is 0.711. The van der Waals surface area contributed by atoms with E-state index < -0.39 is 0 Å². The first kappa shape index (κ1) is 13.9. The monoisotopic (exact) mass is 241 g/mol. The van der Waals surface area contributed by atoms with E-state index in [9.17, 15) is 4.39 Å². The molecule has 0 atom stereocenters. The molecule has 0 unspecified atom stereocenters. The van der Waals surface area contributed by atoms with Crippen molar-refractivity contribution >= 4 is 0 Å². The molecule has 3 nitrogen and oxygen atoms in total. The highest BCUT2D eigenvalue weighted by Gasteiger charge is 2.07. The van der Waals surface area contributed by atoms with Gasteiger partial charge < -0.3 is 15.2 Å². The van der Waals surface area contributed by atoms with Crippen molar-refractivity contribution in [3.05, 3.63) is 29.6 Å². The van der Waals surface area contributed by atoms with Gasteiger partial charge in [-0.3, -0.25) is 0 Å². The number of unbranched alkanes of at least 4 members (excludes halogenated alkanes) is 1. The molecule has 0 saturated heterocycles. The highest BCUT2D eigenvalue weighted by Crippen LogP contribution is 2.20. The van der Waals surface area contributed by atoms with Crippen LogP contribution >= 0.6 is 0 Å². The van der Waals surface area contributed by atoms with Crippen molar-refractivity contribution in [3.8, 4) is 5.75 Å². The molecule has 0 aromatic heterocycles. The van der Waals surface area contributed by atoms with E-state index in [4.69, 9.17) is 15.2 Å². The van der Waals surface area contributed by atoms with Crippen LogP contribution in [0.25, 0.3) is 0 Å². The lowest BCUT2D eigenvalue weighted by atomic mass is 10.2. The van der Waals surface area contributed by atoms with Gasteiger partial charge in [-0.25, -0.2) is 4.39 Å². The Morgan fingerprint density at radius 1 is 1.24 bits per heavy atom. The molecule has 0 saturated carbocycles. The molecule has 17 heavy (non-hydrogen) atoms. The van der Waals surface area contributed by atoms with E-state index in [1.165, 1.54) is 6.07 Å². The lowest BCUT2D eigenvalue weighted by molar-refractivity contribution is 0.0976. The third kappa shape index (κ3) is 4.71. The summed E-state index contributed by atoms with van der Waals surface area (Å²) in [6.07, 6.45) is 2.16. The van der Waals surface area contributed by atoms with Gasteiger partial charge in [-0.1, -0.05) is 19.4 Å². The summed E-state index contributed by atoms with van der Waals surface area (Å²) >= 11 is 0. The number of hydrogen-bond donors (Lipinski definition) is 1. The zero-order chi connectivity index (χ0) is 12.5. The molecule has 96 valence electrons. The molecule has 0 fully saturated rings. The van der Waals surface area contributed by atoms with E-state index in [1.807, 2.05) is 0 Å². The first-order valence-electron chi connectivity index (χ1n) is 5.97. The minimum atomic E-state index is -0.322. The average molecular weight is 241 g/mol. The first-order valence-corrected chi connectivity index (χ1v) is 5.97. The molecule has 0 spiro atoms. The highest BCUT2D eigenvalue weighted by molar-refractivity contribution is 5.34. The Bertz CT molecular complexity index is 331. The van der Waals surface area contributed by atoms with E-state index in [2.05, 4.69) is 6.92 Å². The third-order valence-corrected chi connectivity index (χ3v) is 2.41. The van der Waals surface area contributed by atoms with Crippen LogP contribution in [0.2, 0.25) is 0 Å². The predicted molar refractivity (Wildman–Crippen MR) is 65.5 cm³/mol. The van der Waals surface area contributed by atoms with Crippen LogP contribution in [-0.4, -0.2) is 19.8 Å². The fourth-order valence-corrected chi connectivity index (χ4v) is 1.43. The van der Waals surface area contributed by atoms with Gasteiger partial charge in [-0.15, -0.1) is 0 Å². The second-order valence-electron chi connectivity index (χ2n) is 3.74. The Morgan fingerprint density at radius 2 is 2.06 bits per heavy atom. The molecule has 1 aromatic rings. The topological polar surface area (TPSA) is 44.5 Å². The van der Waals surface area contributed by atoms with E-state index in [0.717, 1.165) is 19.4 Å². The second-order valence-corrected chi connectivity index (χ2v) is 3.74. The van der Waals surface area contributed by atoms with Crippen LogP contribution in [-0.2, 0) is 11.3 Å². The van der Waals surface area contributed by atoms with Crippen molar-refractivity contribution in [3.63, 3.8) is 0 Å². The Kier molecular flexibility index (Phi) is 6.58. The summed E-state index contributed by atoms with van der Waals surface area (Å²) in [6, 6.07) is 4.71. The minimum Gasteiger partial charge on any atom is -0.491 e. The molecule has 0 radical (unpaired) electrons. The second kappa shape index (κ2) is 8.03. The van der Waals surface area contributed by atoms with E-state index in [0.29, 0.717) is 24.5 Å². The Balaban J connectivity index is 2.33. The maximum atomic E-state index is 13.3. The SMILES string of the molecule is CCCCOCCOc1cccc(F)c1CN. The summed E-state index contributed by atoms with van der Waals surface area (Å²) in [7, 11) is 0. The Labute approximate surface area is 102 Å². The molecule has 0 aliphatic heterocycles. The van der Waals surface area contributed by atoms with Gasteiger partial charge in [0.15, 0.2) is 0 Å². The smallest absolute Gasteiger partial charge is 0.131 e. The van der Waals surface area contributed by atoms with Gasteiger partial charge in [0.1, 0.15) is 18.2 Å². The fourth-order valence-electron chi connectivity index (χ4n) is 1.43. The van der Waals surface area contributed by atoms with Crippen molar-refractivity contribution in [2.45, 2.75) is 26.3 Å². The van der Waals surface area contributed by atoms with Crippen molar-refractivity contribution in [1.29, 1.82) is 0 Å². The van der Waals surface area contributed by atoms with E-state index in [1.54, 1.807) is 12.1 Å². The van der Waals surface area contributed by atoms with Gasteiger partial charge in [0.05, 0.1) is 6.61 Å². The fraction of sp³-hybridized carbons (Fsp3) is 0.538. The lowest BCUT2D eigenvalue weighted by Gasteiger charge is -2.11. The average Bonchev–Trinajstić information content (AvgIpc) is 2.34. The molecule has 0 bridgehead atoms. The highest BCUT2D eigenvalue weighted by atomic mass is 19.1. The van der Waals surface area contributed by atoms with Gasteiger partial charge in [-0.05, 0) is 18.6 Å². The number of rotatable bonds is 8. The van der Waals surface area contributed by atoms with Gasteiger partial charge in [-0.2, -0.15) is 0 Å². The minimum absolute atomic E-state index is 0.138. The number of hydrogen-bond acceptors (Lipinski definition) is 3. The van der Waals surface area contributed by atoms with Crippen LogP contribution < -0.4 is 10.5 Å². The molecule has 0 amide bonds. The first-order chi connectivity index (χ1) is 8.29. The predicted octanol–water partition coefficient (Wildman–Crippen LogP) is 2.48. The van der Waals surface area contributed by atoms with Crippen LogP contribution in [0.5, 0.6) is 5.75 Å². The van der Waals surface area contributed by atoms with Crippen LogP contribution in [0.4, 0.5) is 4.39 Å².